The second-order valence-electron chi connectivity index (χ2n) is 5.11. The van der Waals surface area contributed by atoms with Crippen LogP contribution in [-0.2, 0) is 4.74 Å². The molecule has 0 bridgehead atoms. The van der Waals surface area contributed by atoms with Gasteiger partial charge in [0.2, 0.25) is 0 Å². The van der Waals surface area contributed by atoms with Crippen LogP contribution < -0.4 is 0 Å². The fraction of sp³-hybridized carbons (Fsp3) is 0.600. The third-order valence-electron chi connectivity index (χ3n) is 3.24. The molecule has 2 heteroatoms. The largest absolute Gasteiger partial charge is 0.501 e. The molecule has 0 aromatic heterocycles. The molecule has 0 fully saturated rings. The zero-order valence-electron chi connectivity index (χ0n) is 11.4. The molecule has 1 N–H and O–H groups in total. The molecular formula is C15H24O2. The maximum absolute atomic E-state index is 10.4. The van der Waals surface area contributed by atoms with E-state index < -0.39 is 5.60 Å². The Morgan fingerprint density at radius 1 is 1.41 bits per heavy atom. The topological polar surface area (TPSA) is 29.5 Å². The van der Waals surface area contributed by atoms with E-state index in [0.29, 0.717) is 0 Å². The van der Waals surface area contributed by atoms with Gasteiger partial charge in [-0.2, -0.15) is 0 Å². The first-order valence-electron chi connectivity index (χ1n) is 6.24. The fourth-order valence-corrected chi connectivity index (χ4v) is 2.02. The average Bonchev–Trinajstić information content (AvgIpc) is 2.28. The van der Waals surface area contributed by atoms with Crippen LogP contribution in [0.4, 0.5) is 0 Å². The molecule has 0 spiro atoms. The number of ether oxygens (including phenoxy) is 1. The van der Waals surface area contributed by atoms with Gasteiger partial charge in [-0.25, -0.2) is 0 Å². The van der Waals surface area contributed by atoms with Crippen molar-refractivity contribution in [2.24, 2.45) is 0 Å². The van der Waals surface area contributed by atoms with Gasteiger partial charge in [0.15, 0.2) is 0 Å². The Kier molecular flexibility index (Phi) is 5.01. The highest BCUT2D eigenvalue weighted by atomic mass is 16.5. The lowest BCUT2D eigenvalue weighted by molar-refractivity contribution is 0.0868. The van der Waals surface area contributed by atoms with Crippen molar-refractivity contribution in [3.8, 4) is 0 Å². The minimum atomic E-state index is -0.693. The van der Waals surface area contributed by atoms with Crippen molar-refractivity contribution < 1.29 is 9.84 Å². The number of rotatable bonds is 5. The first kappa shape index (κ1) is 14.0. The van der Waals surface area contributed by atoms with Crippen LogP contribution in [0.25, 0.3) is 0 Å². The molecule has 17 heavy (non-hydrogen) atoms. The van der Waals surface area contributed by atoms with Crippen molar-refractivity contribution in [1.29, 1.82) is 0 Å². The summed E-state index contributed by atoms with van der Waals surface area (Å²) in [6, 6.07) is 0. The molecular weight excluding hydrogens is 212 g/mol. The second kappa shape index (κ2) is 6.06. The quantitative estimate of drug-likeness (QED) is 0.737. The molecule has 1 rings (SSSR count). The van der Waals surface area contributed by atoms with Gasteiger partial charge >= 0.3 is 0 Å². The van der Waals surface area contributed by atoms with Gasteiger partial charge in [0.1, 0.15) is 0 Å². The second-order valence-corrected chi connectivity index (χ2v) is 5.11. The Morgan fingerprint density at radius 3 is 2.59 bits per heavy atom. The van der Waals surface area contributed by atoms with E-state index in [-0.39, 0.29) is 0 Å². The number of allylic oxidation sites excluding steroid dienone is 4. The third kappa shape index (κ3) is 4.39. The molecule has 96 valence electrons. The van der Waals surface area contributed by atoms with Gasteiger partial charge in [-0.1, -0.05) is 17.7 Å². The van der Waals surface area contributed by atoms with Crippen LogP contribution >= 0.6 is 0 Å². The van der Waals surface area contributed by atoms with E-state index in [0.717, 1.165) is 37.0 Å². The molecule has 0 heterocycles. The molecule has 1 aliphatic rings. The van der Waals surface area contributed by atoms with Crippen LogP contribution in [-0.4, -0.2) is 17.8 Å². The van der Waals surface area contributed by atoms with E-state index in [1.807, 2.05) is 6.92 Å². The van der Waals surface area contributed by atoms with Gasteiger partial charge in [-0.3, -0.25) is 0 Å². The summed E-state index contributed by atoms with van der Waals surface area (Å²) in [6.45, 7) is 6.08. The summed E-state index contributed by atoms with van der Waals surface area (Å²) in [5.74, 6) is 0.994. The molecule has 0 aliphatic heterocycles. The molecule has 1 unspecified atom stereocenters. The molecule has 1 aliphatic carbocycles. The van der Waals surface area contributed by atoms with E-state index in [1.165, 1.54) is 5.57 Å². The Hall–Kier alpha value is -1.02. The Morgan fingerprint density at radius 2 is 2.12 bits per heavy atom. The molecule has 2 nitrogen and oxygen atoms in total. The highest BCUT2D eigenvalue weighted by Crippen LogP contribution is 2.30. The first-order chi connectivity index (χ1) is 7.95. The van der Waals surface area contributed by atoms with Crippen molar-refractivity contribution in [3.05, 3.63) is 35.1 Å². The predicted molar refractivity (Wildman–Crippen MR) is 71.7 cm³/mol. The van der Waals surface area contributed by atoms with Crippen molar-refractivity contribution in [2.45, 2.75) is 52.1 Å². The van der Waals surface area contributed by atoms with Crippen LogP contribution in [0, 0.1) is 0 Å². The molecule has 0 saturated carbocycles. The van der Waals surface area contributed by atoms with Crippen LogP contribution in [0.3, 0.4) is 0 Å². The Labute approximate surface area is 105 Å². The SMILES string of the molecule is COC1=CCC(C(C)(O)CCC=C(C)C)=CC1. The van der Waals surface area contributed by atoms with Crippen molar-refractivity contribution in [2.75, 3.05) is 7.11 Å². The Bertz CT molecular complexity index is 342. The lowest BCUT2D eigenvalue weighted by Crippen LogP contribution is -2.27. The number of hydrogen-bond acceptors (Lipinski definition) is 2. The van der Waals surface area contributed by atoms with Gasteiger partial charge in [-0.15, -0.1) is 0 Å². The van der Waals surface area contributed by atoms with Crippen LogP contribution in [0.2, 0.25) is 0 Å². The molecule has 0 radical (unpaired) electrons. The van der Waals surface area contributed by atoms with Crippen molar-refractivity contribution in [1.82, 2.24) is 0 Å². The minimum absolute atomic E-state index is 0.693. The molecule has 0 saturated heterocycles. The molecule has 1 atom stereocenters. The Balaban J connectivity index is 2.54. The fourth-order valence-electron chi connectivity index (χ4n) is 2.02. The lowest BCUT2D eigenvalue weighted by Gasteiger charge is -2.28. The summed E-state index contributed by atoms with van der Waals surface area (Å²) in [5.41, 5.74) is 1.72. The summed E-state index contributed by atoms with van der Waals surface area (Å²) >= 11 is 0. The van der Waals surface area contributed by atoms with E-state index >= 15 is 0 Å². The first-order valence-corrected chi connectivity index (χ1v) is 6.24. The zero-order valence-corrected chi connectivity index (χ0v) is 11.4. The summed E-state index contributed by atoms with van der Waals surface area (Å²) in [4.78, 5) is 0. The highest BCUT2D eigenvalue weighted by molar-refractivity contribution is 5.25. The van der Waals surface area contributed by atoms with Crippen molar-refractivity contribution >= 4 is 0 Å². The number of aliphatic hydroxyl groups is 1. The van der Waals surface area contributed by atoms with Gasteiger partial charge in [0, 0.05) is 6.42 Å². The van der Waals surface area contributed by atoms with E-state index in [9.17, 15) is 5.11 Å². The maximum atomic E-state index is 10.4. The van der Waals surface area contributed by atoms with E-state index in [2.05, 4.69) is 32.1 Å². The standard InChI is InChI=1S/C15H24O2/c1-12(2)6-5-11-15(3,16)13-7-9-14(17-4)10-8-13/h6-7,10,16H,5,8-9,11H2,1-4H3. The minimum Gasteiger partial charge on any atom is -0.501 e. The van der Waals surface area contributed by atoms with Crippen LogP contribution in [0.5, 0.6) is 0 Å². The maximum Gasteiger partial charge on any atom is 0.0956 e. The van der Waals surface area contributed by atoms with Gasteiger partial charge < -0.3 is 9.84 Å². The summed E-state index contributed by atoms with van der Waals surface area (Å²) in [5, 5.41) is 10.4. The average molecular weight is 236 g/mol. The van der Waals surface area contributed by atoms with Gasteiger partial charge in [0.25, 0.3) is 0 Å². The van der Waals surface area contributed by atoms with E-state index in [1.54, 1.807) is 7.11 Å². The predicted octanol–water partition coefficient (Wildman–Crippen LogP) is 3.73. The number of hydrogen-bond donors (Lipinski definition) is 1. The van der Waals surface area contributed by atoms with Gasteiger partial charge in [-0.05, 0) is 51.7 Å². The summed E-state index contributed by atoms with van der Waals surface area (Å²) in [7, 11) is 1.69. The zero-order chi connectivity index (χ0) is 12.9. The highest BCUT2D eigenvalue weighted by Gasteiger charge is 2.25. The smallest absolute Gasteiger partial charge is 0.0956 e. The number of methoxy groups -OCH3 is 1. The normalized spacial score (nSPS) is 18.9. The molecule has 0 aromatic rings. The molecule has 0 amide bonds. The van der Waals surface area contributed by atoms with Crippen LogP contribution in [0.1, 0.15) is 46.5 Å². The molecule has 0 aromatic carbocycles. The summed E-state index contributed by atoms with van der Waals surface area (Å²) < 4.78 is 5.19. The monoisotopic (exact) mass is 236 g/mol. The van der Waals surface area contributed by atoms with Crippen LogP contribution in [0.15, 0.2) is 35.1 Å². The van der Waals surface area contributed by atoms with E-state index in [4.69, 9.17) is 4.74 Å². The summed E-state index contributed by atoms with van der Waals surface area (Å²) in [6.07, 6.45) is 9.63. The lowest BCUT2D eigenvalue weighted by atomic mass is 9.85. The van der Waals surface area contributed by atoms with Crippen molar-refractivity contribution in [3.63, 3.8) is 0 Å². The third-order valence-corrected chi connectivity index (χ3v) is 3.24. The van der Waals surface area contributed by atoms with Gasteiger partial charge in [0.05, 0.1) is 18.5 Å².